The van der Waals surface area contributed by atoms with Gasteiger partial charge in [0, 0.05) is 38.3 Å². The highest BCUT2D eigenvalue weighted by Crippen LogP contribution is 2.37. The number of hydrogen-bond acceptors (Lipinski definition) is 4. The van der Waals surface area contributed by atoms with Crippen molar-refractivity contribution in [3.05, 3.63) is 58.7 Å². The summed E-state index contributed by atoms with van der Waals surface area (Å²) in [5.74, 6) is -0.880. The van der Waals surface area contributed by atoms with Gasteiger partial charge in [-0.15, -0.1) is 0 Å². The van der Waals surface area contributed by atoms with Crippen LogP contribution < -0.4 is 5.32 Å². The van der Waals surface area contributed by atoms with Crippen LogP contribution in [0.3, 0.4) is 0 Å². The van der Waals surface area contributed by atoms with E-state index in [0.29, 0.717) is 43.7 Å². The number of imide groups is 1. The normalized spacial score (nSPS) is 21.2. The number of H-pyrrole nitrogens is 1. The Morgan fingerprint density at radius 1 is 1.17 bits per heavy atom. The van der Waals surface area contributed by atoms with Crippen molar-refractivity contribution in [2.45, 2.75) is 38.6 Å². The van der Waals surface area contributed by atoms with Gasteiger partial charge in [0.05, 0.1) is 0 Å². The number of hydrogen-bond donors (Lipinski definition) is 2. The zero-order valence-corrected chi connectivity index (χ0v) is 20.9. The molecule has 2 saturated heterocycles. The van der Waals surface area contributed by atoms with Crippen LogP contribution >= 0.6 is 0 Å². The van der Waals surface area contributed by atoms with Gasteiger partial charge < -0.3 is 20.1 Å². The summed E-state index contributed by atoms with van der Waals surface area (Å²) >= 11 is 0. The number of amides is 4. The van der Waals surface area contributed by atoms with Crippen molar-refractivity contribution >= 4 is 17.8 Å². The molecule has 4 rings (SSSR count). The Kier molecular flexibility index (Phi) is 6.98. The molecule has 0 spiro atoms. The number of piperidine rings is 1. The number of benzene rings is 1. The van der Waals surface area contributed by atoms with E-state index in [1.54, 1.807) is 17.0 Å². The smallest absolute Gasteiger partial charge is 0.325 e. The van der Waals surface area contributed by atoms with Crippen molar-refractivity contribution in [1.82, 2.24) is 25.0 Å². The fourth-order valence-electron chi connectivity index (χ4n) is 5.34. The van der Waals surface area contributed by atoms with Crippen LogP contribution in [0, 0.1) is 25.6 Å². The molecule has 2 aliphatic rings. The Morgan fingerprint density at radius 3 is 2.49 bits per heavy atom. The van der Waals surface area contributed by atoms with E-state index in [4.69, 9.17) is 0 Å². The van der Waals surface area contributed by atoms with Gasteiger partial charge >= 0.3 is 6.03 Å². The standard InChI is InChI=1S/C26H34FN5O3/c1-17-14-18(2)28-22(17)23(33)31-10-8-20(9-11-31)26(16-19-6-5-7-21(27)15-19)24(34)32(25(35)29-26)13-12-30(3)4/h5-7,14-15,20,28H,8-13,16H2,1-4H3,(H,29,35)/t26-/m1/s1. The summed E-state index contributed by atoms with van der Waals surface area (Å²) in [7, 11) is 3.77. The summed E-state index contributed by atoms with van der Waals surface area (Å²) in [4.78, 5) is 47.9. The van der Waals surface area contributed by atoms with Gasteiger partial charge in [-0.05, 0) is 76.0 Å². The van der Waals surface area contributed by atoms with Crippen LogP contribution in [0.5, 0.6) is 0 Å². The minimum absolute atomic E-state index is 0.0531. The Balaban J connectivity index is 1.57. The second kappa shape index (κ2) is 9.81. The molecule has 0 unspecified atom stereocenters. The van der Waals surface area contributed by atoms with E-state index >= 15 is 0 Å². The number of carbonyl (C=O) groups is 3. The largest absolute Gasteiger partial charge is 0.354 e. The molecule has 4 amide bonds. The van der Waals surface area contributed by atoms with Gasteiger partial charge in [-0.1, -0.05) is 12.1 Å². The molecule has 8 nitrogen and oxygen atoms in total. The molecule has 35 heavy (non-hydrogen) atoms. The highest BCUT2D eigenvalue weighted by molar-refractivity contribution is 6.07. The summed E-state index contributed by atoms with van der Waals surface area (Å²) in [6, 6.07) is 7.71. The van der Waals surface area contributed by atoms with E-state index in [-0.39, 0.29) is 36.5 Å². The third-order valence-electron chi connectivity index (χ3n) is 7.19. The number of aryl methyl sites for hydroxylation is 2. The van der Waals surface area contributed by atoms with Crippen molar-refractivity contribution in [3.8, 4) is 0 Å². The van der Waals surface area contributed by atoms with E-state index in [0.717, 1.165) is 11.3 Å². The van der Waals surface area contributed by atoms with Gasteiger partial charge in [0.1, 0.15) is 17.1 Å². The predicted molar refractivity (Wildman–Crippen MR) is 131 cm³/mol. The van der Waals surface area contributed by atoms with E-state index in [9.17, 15) is 18.8 Å². The number of carbonyl (C=O) groups excluding carboxylic acids is 3. The zero-order valence-electron chi connectivity index (χ0n) is 20.9. The van der Waals surface area contributed by atoms with Crippen LogP contribution in [0.4, 0.5) is 9.18 Å². The molecule has 1 atom stereocenters. The lowest BCUT2D eigenvalue weighted by atomic mass is 9.74. The first-order valence-electron chi connectivity index (χ1n) is 12.1. The lowest BCUT2D eigenvalue weighted by Gasteiger charge is -2.41. The number of nitrogens with zero attached hydrogens (tertiary/aromatic N) is 3. The van der Waals surface area contributed by atoms with E-state index in [1.807, 2.05) is 38.9 Å². The van der Waals surface area contributed by atoms with E-state index in [1.165, 1.54) is 17.0 Å². The number of aromatic amines is 1. The third-order valence-corrected chi connectivity index (χ3v) is 7.19. The fraction of sp³-hybridized carbons (Fsp3) is 0.500. The summed E-state index contributed by atoms with van der Waals surface area (Å²) in [5.41, 5.74) is 1.93. The quantitative estimate of drug-likeness (QED) is 0.593. The van der Waals surface area contributed by atoms with E-state index in [2.05, 4.69) is 10.3 Å². The van der Waals surface area contributed by atoms with Crippen LogP contribution in [0.1, 0.15) is 40.2 Å². The molecule has 0 radical (unpaired) electrons. The van der Waals surface area contributed by atoms with Gasteiger partial charge in [0.2, 0.25) is 0 Å². The number of likely N-dealkylation sites (N-methyl/N-ethyl adjacent to an activating group) is 1. The molecule has 2 aromatic rings. The lowest BCUT2D eigenvalue weighted by molar-refractivity contribution is -0.134. The lowest BCUT2D eigenvalue weighted by Crippen LogP contribution is -2.58. The van der Waals surface area contributed by atoms with Crippen molar-refractivity contribution in [2.24, 2.45) is 5.92 Å². The van der Waals surface area contributed by atoms with Crippen molar-refractivity contribution in [1.29, 1.82) is 0 Å². The Hall–Kier alpha value is -3.20. The van der Waals surface area contributed by atoms with Gasteiger partial charge in [-0.25, -0.2) is 9.18 Å². The molecule has 1 aromatic carbocycles. The first-order valence-corrected chi connectivity index (χ1v) is 12.1. The molecule has 0 aliphatic carbocycles. The molecule has 1 aromatic heterocycles. The van der Waals surface area contributed by atoms with E-state index < -0.39 is 11.6 Å². The second-order valence-corrected chi connectivity index (χ2v) is 10.0. The minimum Gasteiger partial charge on any atom is -0.354 e. The van der Waals surface area contributed by atoms with Crippen LogP contribution in [-0.2, 0) is 11.2 Å². The molecule has 9 heteroatoms. The maximum atomic E-state index is 14.0. The summed E-state index contributed by atoms with van der Waals surface area (Å²) in [6.07, 6.45) is 1.34. The molecule has 2 aliphatic heterocycles. The molecule has 2 N–H and O–H groups in total. The summed E-state index contributed by atoms with van der Waals surface area (Å²) < 4.78 is 14.0. The first kappa shape index (κ1) is 24.9. The van der Waals surface area contributed by atoms with Gasteiger partial charge in [0.25, 0.3) is 11.8 Å². The maximum absolute atomic E-state index is 14.0. The Morgan fingerprint density at radius 2 is 1.89 bits per heavy atom. The predicted octanol–water partition coefficient (Wildman–Crippen LogP) is 2.72. The highest BCUT2D eigenvalue weighted by Gasteiger charge is 2.56. The van der Waals surface area contributed by atoms with Crippen molar-refractivity contribution < 1.29 is 18.8 Å². The number of urea groups is 1. The van der Waals surface area contributed by atoms with Crippen molar-refractivity contribution in [2.75, 3.05) is 40.3 Å². The maximum Gasteiger partial charge on any atom is 0.325 e. The fourth-order valence-corrected chi connectivity index (χ4v) is 5.34. The van der Waals surface area contributed by atoms with Crippen LogP contribution in [0.2, 0.25) is 0 Å². The number of halogens is 1. The molecule has 0 bridgehead atoms. The van der Waals surface area contributed by atoms with Gasteiger partial charge in [-0.2, -0.15) is 0 Å². The first-order chi connectivity index (χ1) is 16.6. The van der Waals surface area contributed by atoms with Crippen LogP contribution in [0.15, 0.2) is 30.3 Å². The molecule has 188 valence electrons. The minimum atomic E-state index is -1.16. The zero-order chi connectivity index (χ0) is 25.3. The Labute approximate surface area is 205 Å². The third kappa shape index (κ3) is 4.96. The molecular formula is C26H34FN5O3. The molecule has 0 saturated carbocycles. The SMILES string of the molecule is Cc1cc(C)c(C(=O)N2CCC([C@@]3(Cc4cccc(F)c4)NC(=O)N(CCN(C)C)C3=O)CC2)[nH]1. The molecule has 2 fully saturated rings. The average Bonchev–Trinajstić information content (AvgIpc) is 3.27. The number of aromatic nitrogens is 1. The van der Waals surface area contributed by atoms with Gasteiger partial charge in [-0.3, -0.25) is 14.5 Å². The number of rotatable bonds is 7. The highest BCUT2D eigenvalue weighted by atomic mass is 19.1. The average molecular weight is 484 g/mol. The summed E-state index contributed by atoms with van der Waals surface area (Å²) in [5, 5.41) is 3.00. The number of nitrogens with one attached hydrogen (secondary N) is 2. The summed E-state index contributed by atoms with van der Waals surface area (Å²) in [6.45, 7) is 5.62. The molecule has 3 heterocycles. The number of likely N-dealkylation sites (tertiary alicyclic amines) is 1. The Bertz CT molecular complexity index is 1120. The van der Waals surface area contributed by atoms with Crippen LogP contribution in [0.25, 0.3) is 0 Å². The molecular weight excluding hydrogens is 449 g/mol. The second-order valence-electron chi connectivity index (χ2n) is 10.0. The topological polar surface area (TPSA) is 88.8 Å². The van der Waals surface area contributed by atoms with Crippen molar-refractivity contribution in [3.63, 3.8) is 0 Å². The van der Waals surface area contributed by atoms with Gasteiger partial charge in [0.15, 0.2) is 0 Å². The monoisotopic (exact) mass is 483 g/mol. The van der Waals surface area contributed by atoms with Crippen LogP contribution in [-0.4, -0.2) is 83.3 Å².